The van der Waals surface area contributed by atoms with E-state index in [1.165, 1.54) is 0 Å². The molecule has 2 aromatic carbocycles. The van der Waals surface area contributed by atoms with E-state index >= 15 is 0 Å². The van der Waals surface area contributed by atoms with E-state index in [9.17, 15) is 9.59 Å². The molecule has 1 aromatic heterocycles. The summed E-state index contributed by atoms with van der Waals surface area (Å²) in [5, 5.41) is 3.62. The highest BCUT2D eigenvalue weighted by Crippen LogP contribution is 2.16. The number of amides is 1. The van der Waals surface area contributed by atoms with Crippen molar-refractivity contribution in [1.29, 1.82) is 0 Å². The third kappa shape index (κ3) is 3.61. The minimum Gasteiger partial charge on any atom is -0.350 e. The van der Waals surface area contributed by atoms with Crippen LogP contribution in [-0.2, 0) is 18.4 Å². The van der Waals surface area contributed by atoms with Gasteiger partial charge in [0.25, 0.3) is 0 Å². The highest BCUT2D eigenvalue weighted by molar-refractivity contribution is 6.30. The van der Waals surface area contributed by atoms with Gasteiger partial charge in [0.2, 0.25) is 5.91 Å². The van der Waals surface area contributed by atoms with Gasteiger partial charge in [-0.05, 0) is 36.8 Å². The summed E-state index contributed by atoms with van der Waals surface area (Å²) < 4.78 is 3.24. The molecule has 0 bridgehead atoms. The molecule has 1 amide bonds. The standard InChI is InChI=1S/C19H20ClN3O2/c1-13(14-7-9-15(20)10-8-14)21-18(24)11-12-23-17-6-4-3-5-16(17)22(2)19(23)25/h3-10,13H,11-12H2,1-2H3,(H,21,24). The maximum atomic E-state index is 12.4. The first-order valence-electron chi connectivity index (χ1n) is 8.16. The van der Waals surface area contributed by atoms with E-state index in [2.05, 4.69) is 5.32 Å². The molecule has 1 unspecified atom stereocenters. The summed E-state index contributed by atoms with van der Waals surface area (Å²) in [5.41, 5.74) is 2.58. The van der Waals surface area contributed by atoms with Crippen molar-refractivity contribution < 1.29 is 4.79 Å². The number of imidazole rings is 1. The fourth-order valence-corrected chi connectivity index (χ4v) is 3.07. The molecule has 3 rings (SSSR count). The molecule has 6 heteroatoms. The lowest BCUT2D eigenvalue weighted by molar-refractivity contribution is -0.121. The SMILES string of the molecule is CC(NC(=O)CCn1c(=O)n(C)c2ccccc21)c1ccc(Cl)cc1. The van der Waals surface area contributed by atoms with Crippen LogP contribution in [-0.4, -0.2) is 15.0 Å². The molecule has 5 nitrogen and oxygen atoms in total. The topological polar surface area (TPSA) is 56.0 Å². The first-order valence-corrected chi connectivity index (χ1v) is 8.54. The Bertz CT molecular complexity index is 957. The fraction of sp³-hybridized carbons (Fsp3) is 0.263. The number of carbonyl (C=O) groups is 1. The highest BCUT2D eigenvalue weighted by Gasteiger charge is 2.13. The van der Waals surface area contributed by atoms with E-state index < -0.39 is 0 Å². The van der Waals surface area contributed by atoms with Crippen LogP contribution < -0.4 is 11.0 Å². The molecule has 0 saturated heterocycles. The van der Waals surface area contributed by atoms with Crippen LogP contribution in [0.3, 0.4) is 0 Å². The number of nitrogens with one attached hydrogen (secondary N) is 1. The second-order valence-corrected chi connectivity index (χ2v) is 6.51. The van der Waals surface area contributed by atoms with Crippen molar-refractivity contribution >= 4 is 28.5 Å². The summed E-state index contributed by atoms with van der Waals surface area (Å²) in [6.07, 6.45) is 0.242. The van der Waals surface area contributed by atoms with Gasteiger partial charge in [-0.15, -0.1) is 0 Å². The summed E-state index contributed by atoms with van der Waals surface area (Å²) in [5.74, 6) is -0.0951. The smallest absolute Gasteiger partial charge is 0.328 e. The van der Waals surface area contributed by atoms with Crippen molar-refractivity contribution in [1.82, 2.24) is 14.5 Å². The van der Waals surface area contributed by atoms with Crippen LogP contribution in [0, 0.1) is 0 Å². The summed E-state index contributed by atoms with van der Waals surface area (Å²) in [7, 11) is 1.74. The van der Waals surface area contributed by atoms with Gasteiger partial charge in [0, 0.05) is 25.0 Å². The third-order valence-corrected chi connectivity index (χ3v) is 4.61. The average molecular weight is 358 g/mol. The molecule has 1 atom stereocenters. The Hall–Kier alpha value is -2.53. The number of nitrogens with zero attached hydrogens (tertiary/aromatic N) is 2. The van der Waals surface area contributed by atoms with Crippen molar-refractivity contribution in [3.05, 3.63) is 69.6 Å². The summed E-state index contributed by atoms with van der Waals surface area (Å²) in [4.78, 5) is 24.6. The molecule has 25 heavy (non-hydrogen) atoms. The number of hydrogen-bond acceptors (Lipinski definition) is 2. The number of benzene rings is 2. The van der Waals surface area contributed by atoms with Crippen molar-refractivity contribution in [2.45, 2.75) is 25.9 Å². The number of hydrogen-bond donors (Lipinski definition) is 1. The van der Waals surface area contributed by atoms with Crippen LogP contribution in [0.25, 0.3) is 11.0 Å². The van der Waals surface area contributed by atoms with Gasteiger partial charge < -0.3 is 5.32 Å². The Morgan fingerprint density at radius 3 is 2.44 bits per heavy atom. The largest absolute Gasteiger partial charge is 0.350 e. The summed E-state index contributed by atoms with van der Waals surface area (Å²) >= 11 is 5.88. The summed E-state index contributed by atoms with van der Waals surface area (Å²) in [6.45, 7) is 2.27. The molecule has 1 N–H and O–H groups in total. The van der Waals surface area contributed by atoms with Crippen LogP contribution in [0.1, 0.15) is 24.9 Å². The number of fused-ring (bicyclic) bond motifs is 1. The molecule has 0 aliphatic carbocycles. The minimum atomic E-state index is -0.117. The van der Waals surface area contributed by atoms with Crippen LogP contribution in [0.15, 0.2) is 53.3 Å². The molecule has 0 radical (unpaired) electrons. The minimum absolute atomic E-state index is 0.0951. The van der Waals surface area contributed by atoms with Crippen LogP contribution in [0.5, 0.6) is 0 Å². The molecule has 3 aromatic rings. The normalized spacial score (nSPS) is 12.3. The Morgan fingerprint density at radius 2 is 1.76 bits per heavy atom. The van der Waals surface area contributed by atoms with Crippen molar-refractivity contribution in [2.24, 2.45) is 7.05 Å². The Morgan fingerprint density at radius 1 is 1.12 bits per heavy atom. The van der Waals surface area contributed by atoms with E-state index in [1.807, 2.05) is 43.3 Å². The van der Waals surface area contributed by atoms with Gasteiger partial charge in [-0.2, -0.15) is 0 Å². The second-order valence-electron chi connectivity index (χ2n) is 6.07. The molecule has 0 saturated carbocycles. The number of carbonyl (C=O) groups excluding carboxylic acids is 1. The lowest BCUT2D eigenvalue weighted by atomic mass is 10.1. The molecular formula is C19H20ClN3O2. The molecule has 0 fully saturated rings. The predicted octanol–water partition coefficient (Wildman–Crippen LogP) is 3.26. The average Bonchev–Trinajstić information content (AvgIpc) is 2.85. The van der Waals surface area contributed by atoms with Crippen LogP contribution in [0.2, 0.25) is 5.02 Å². The molecular weight excluding hydrogens is 338 g/mol. The quantitative estimate of drug-likeness (QED) is 0.762. The highest BCUT2D eigenvalue weighted by atomic mass is 35.5. The molecule has 0 aliphatic heterocycles. The molecule has 0 aliphatic rings. The van der Waals surface area contributed by atoms with E-state index in [-0.39, 0.29) is 24.1 Å². The molecule has 130 valence electrons. The molecule has 1 heterocycles. The van der Waals surface area contributed by atoms with E-state index in [0.29, 0.717) is 11.6 Å². The van der Waals surface area contributed by atoms with E-state index in [4.69, 9.17) is 11.6 Å². The van der Waals surface area contributed by atoms with Gasteiger partial charge in [-0.3, -0.25) is 13.9 Å². The maximum Gasteiger partial charge on any atom is 0.328 e. The fourth-order valence-electron chi connectivity index (χ4n) is 2.94. The van der Waals surface area contributed by atoms with E-state index in [0.717, 1.165) is 16.6 Å². The van der Waals surface area contributed by atoms with Gasteiger partial charge in [-0.25, -0.2) is 4.79 Å². The van der Waals surface area contributed by atoms with Gasteiger partial charge in [-0.1, -0.05) is 35.9 Å². The monoisotopic (exact) mass is 357 g/mol. The third-order valence-electron chi connectivity index (χ3n) is 4.36. The zero-order valence-electron chi connectivity index (χ0n) is 14.2. The first-order chi connectivity index (χ1) is 12.0. The van der Waals surface area contributed by atoms with Crippen LogP contribution >= 0.6 is 11.6 Å². The molecule has 0 spiro atoms. The van der Waals surface area contributed by atoms with Gasteiger partial charge in [0.1, 0.15) is 0 Å². The predicted molar refractivity (Wildman–Crippen MR) is 99.8 cm³/mol. The zero-order chi connectivity index (χ0) is 18.0. The van der Waals surface area contributed by atoms with Gasteiger partial charge in [0.15, 0.2) is 0 Å². The Balaban J connectivity index is 1.68. The Labute approximate surface area is 150 Å². The van der Waals surface area contributed by atoms with Crippen molar-refractivity contribution in [3.8, 4) is 0 Å². The number of aromatic nitrogens is 2. The first kappa shape index (κ1) is 17.3. The number of aryl methyl sites for hydroxylation is 2. The lowest BCUT2D eigenvalue weighted by Crippen LogP contribution is -2.29. The number of halogens is 1. The number of para-hydroxylation sites is 2. The number of rotatable bonds is 5. The van der Waals surface area contributed by atoms with Crippen LogP contribution in [0.4, 0.5) is 0 Å². The van der Waals surface area contributed by atoms with Gasteiger partial charge >= 0.3 is 5.69 Å². The van der Waals surface area contributed by atoms with Crippen molar-refractivity contribution in [2.75, 3.05) is 0 Å². The van der Waals surface area contributed by atoms with E-state index in [1.54, 1.807) is 28.3 Å². The summed E-state index contributed by atoms with van der Waals surface area (Å²) in [6, 6.07) is 14.8. The second kappa shape index (κ2) is 7.15. The Kier molecular flexibility index (Phi) is 4.95. The maximum absolute atomic E-state index is 12.4. The van der Waals surface area contributed by atoms with Gasteiger partial charge in [0.05, 0.1) is 17.1 Å². The van der Waals surface area contributed by atoms with Crippen molar-refractivity contribution in [3.63, 3.8) is 0 Å². The lowest BCUT2D eigenvalue weighted by Gasteiger charge is -2.14. The zero-order valence-corrected chi connectivity index (χ0v) is 15.0.